The third-order valence-electron chi connectivity index (χ3n) is 6.87. The fourth-order valence-corrected chi connectivity index (χ4v) is 5.28. The Bertz CT molecular complexity index is 1490. The summed E-state index contributed by atoms with van der Waals surface area (Å²) in [5, 5.41) is 2.37. The van der Waals surface area contributed by atoms with Gasteiger partial charge >= 0.3 is 0 Å². The van der Waals surface area contributed by atoms with Gasteiger partial charge in [-0.2, -0.15) is 0 Å². The van der Waals surface area contributed by atoms with Crippen molar-refractivity contribution in [2.45, 2.75) is 26.2 Å². The van der Waals surface area contributed by atoms with Gasteiger partial charge in [-0.3, -0.25) is 0 Å². The molecule has 0 aliphatic heterocycles. The fraction of sp³-hybridized carbons (Fsp3) is 0.179. The van der Waals surface area contributed by atoms with Gasteiger partial charge in [0.05, 0.1) is 5.56 Å². The molecule has 6 rings (SSSR count). The van der Waals surface area contributed by atoms with Crippen LogP contribution in [0.5, 0.6) is 0 Å². The van der Waals surface area contributed by atoms with Gasteiger partial charge in [-0.25, -0.2) is 4.57 Å². The first-order chi connectivity index (χ1) is 14.5. The number of hydrogen-bond acceptors (Lipinski definition) is 1. The van der Waals surface area contributed by atoms with E-state index < -0.39 is 0 Å². The molecule has 2 aromatic heterocycles. The highest BCUT2D eigenvalue weighted by molar-refractivity contribution is 6.14. The van der Waals surface area contributed by atoms with E-state index in [2.05, 4.69) is 105 Å². The number of furan rings is 1. The number of fused-ring (bicyclic) bond motifs is 7. The van der Waals surface area contributed by atoms with E-state index in [4.69, 9.17) is 4.42 Å². The normalized spacial score (nSPS) is 14.3. The van der Waals surface area contributed by atoms with E-state index in [0.29, 0.717) is 0 Å². The van der Waals surface area contributed by atoms with E-state index >= 15 is 0 Å². The molecule has 1 aliphatic rings. The first-order valence-corrected chi connectivity index (χ1v) is 10.5. The number of hydrogen-bond donors (Lipinski definition) is 0. The zero-order valence-corrected chi connectivity index (χ0v) is 17.8. The molecule has 5 aromatic rings. The Balaban J connectivity index is 1.77. The molecule has 0 radical (unpaired) electrons. The second kappa shape index (κ2) is 5.82. The number of pyridine rings is 1. The minimum Gasteiger partial charge on any atom is -0.454 e. The summed E-state index contributed by atoms with van der Waals surface area (Å²) in [4.78, 5) is 0. The van der Waals surface area contributed by atoms with Crippen LogP contribution in [0, 0.1) is 6.92 Å². The topological polar surface area (TPSA) is 17.0 Å². The second-order valence-corrected chi connectivity index (χ2v) is 8.97. The van der Waals surface area contributed by atoms with Gasteiger partial charge in [0.15, 0.2) is 6.20 Å². The lowest BCUT2D eigenvalue weighted by atomic mass is 9.82. The van der Waals surface area contributed by atoms with Gasteiger partial charge < -0.3 is 4.42 Å². The van der Waals surface area contributed by atoms with E-state index in [-0.39, 0.29) is 5.41 Å². The second-order valence-electron chi connectivity index (χ2n) is 8.97. The maximum Gasteiger partial charge on any atom is 0.216 e. The third-order valence-corrected chi connectivity index (χ3v) is 6.87. The molecule has 2 heteroatoms. The maximum atomic E-state index is 6.75. The van der Waals surface area contributed by atoms with Crippen LogP contribution in [-0.4, -0.2) is 0 Å². The van der Waals surface area contributed by atoms with Crippen molar-refractivity contribution in [2.24, 2.45) is 7.05 Å². The van der Waals surface area contributed by atoms with Gasteiger partial charge in [-0.05, 0) is 35.2 Å². The standard InChI is InChI=1S/C28H24NO/c1-17-12-13-18-19-14-15-22-25(20-9-5-6-10-21(20)28(22,2)3)27(19)30-26(18)24(17)23-11-7-8-16-29(23)4/h5-16H,1-4H3/q+1. The van der Waals surface area contributed by atoms with Crippen molar-refractivity contribution in [3.63, 3.8) is 0 Å². The molecule has 1 aliphatic carbocycles. The van der Waals surface area contributed by atoms with Crippen molar-refractivity contribution in [3.8, 4) is 22.4 Å². The lowest BCUT2D eigenvalue weighted by Crippen LogP contribution is -2.30. The SMILES string of the molecule is Cc1ccc2c(oc3c4c(ccc32)C(C)(C)c2ccccc2-4)c1-c1cccc[n+]1C. The molecule has 0 unspecified atom stereocenters. The highest BCUT2D eigenvalue weighted by Crippen LogP contribution is 2.52. The first kappa shape index (κ1) is 17.5. The summed E-state index contributed by atoms with van der Waals surface area (Å²) in [5.41, 5.74) is 10.8. The van der Waals surface area contributed by atoms with Crippen LogP contribution in [0.2, 0.25) is 0 Å². The highest BCUT2D eigenvalue weighted by atomic mass is 16.3. The Morgan fingerprint density at radius 1 is 0.733 bits per heavy atom. The van der Waals surface area contributed by atoms with E-state index in [1.54, 1.807) is 0 Å². The van der Waals surface area contributed by atoms with Crippen molar-refractivity contribution in [2.75, 3.05) is 0 Å². The zero-order valence-electron chi connectivity index (χ0n) is 17.8. The first-order valence-electron chi connectivity index (χ1n) is 10.5. The van der Waals surface area contributed by atoms with E-state index in [1.807, 2.05) is 0 Å². The zero-order chi connectivity index (χ0) is 20.6. The molecule has 2 heterocycles. The van der Waals surface area contributed by atoms with Crippen molar-refractivity contribution >= 4 is 21.9 Å². The summed E-state index contributed by atoms with van der Waals surface area (Å²) in [6.45, 7) is 6.79. The smallest absolute Gasteiger partial charge is 0.216 e. The largest absolute Gasteiger partial charge is 0.454 e. The molecule has 0 atom stereocenters. The van der Waals surface area contributed by atoms with Crippen LogP contribution in [0.3, 0.4) is 0 Å². The molecular weight excluding hydrogens is 366 g/mol. The molecule has 3 aromatic carbocycles. The van der Waals surface area contributed by atoms with Gasteiger partial charge in [-0.1, -0.05) is 62.4 Å². The summed E-state index contributed by atoms with van der Waals surface area (Å²) in [7, 11) is 2.09. The Morgan fingerprint density at radius 2 is 1.43 bits per heavy atom. The Labute approximate surface area is 176 Å². The Morgan fingerprint density at radius 3 is 2.23 bits per heavy atom. The van der Waals surface area contributed by atoms with Crippen molar-refractivity contribution in [1.82, 2.24) is 0 Å². The Hall–Kier alpha value is -3.39. The number of benzene rings is 3. The molecule has 0 bridgehead atoms. The molecule has 30 heavy (non-hydrogen) atoms. The number of aromatic nitrogens is 1. The number of nitrogens with zero attached hydrogens (tertiary/aromatic N) is 1. The summed E-state index contributed by atoms with van der Waals surface area (Å²) < 4.78 is 8.92. The molecule has 0 spiro atoms. The molecule has 0 saturated heterocycles. The third kappa shape index (κ3) is 2.11. The van der Waals surface area contributed by atoms with E-state index in [1.165, 1.54) is 44.2 Å². The lowest BCUT2D eigenvalue weighted by Gasteiger charge is -2.21. The summed E-state index contributed by atoms with van der Waals surface area (Å²) in [6.07, 6.45) is 2.09. The number of aryl methyl sites for hydroxylation is 2. The summed E-state index contributed by atoms with van der Waals surface area (Å²) in [6, 6.07) is 24.0. The van der Waals surface area contributed by atoms with Crippen LogP contribution in [0.25, 0.3) is 44.3 Å². The molecule has 0 saturated carbocycles. The van der Waals surface area contributed by atoms with Gasteiger partial charge in [-0.15, -0.1) is 0 Å². The summed E-state index contributed by atoms with van der Waals surface area (Å²) >= 11 is 0. The van der Waals surface area contributed by atoms with E-state index in [0.717, 1.165) is 16.9 Å². The van der Waals surface area contributed by atoms with Crippen molar-refractivity contribution < 1.29 is 8.98 Å². The molecule has 2 nitrogen and oxygen atoms in total. The highest BCUT2D eigenvalue weighted by Gasteiger charge is 2.37. The van der Waals surface area contributed by atoms with E-state index in [9.17, 15) is 0 Å². The van der Waals surface area contributed by atoms with Gasteiger partial charge in [0.25, 0.3) is 0 Å². The quantitative estimate of drug-likeness (QED) is 0.291. The van der Waals surface area contributed by atoms with Crippen LogP contribution < -0.4 is 4.57 Å². The van der Waals surface area contributed by atoms with Crippen LogP contribution >= 0.6 is 0 Å². The van der Waals surface area contributed by atoms with Gasteiger partial charge in [0.2, 0.25) is 5.69 Å². The lowest BCUT2D eigenvalue weighted by molar-refractivity contribution is -0.660. The molecule has 0 amide bonds. The maximum absolute atomic E-state index is 6.75. The van der Waals surface area contributed by atoms with Crippen LogP contribution in [0.4, 0.5) is 0 Å². The summed E-state index contributed by atoms with van der Waals surface area (Å²) in [5.74, 6) is 0. The Kier molecular flexibility index (Phi) is 3.39. The van der Waals surface area contributed by atoms with Crippen molar-refractivity contribution in [1.29, 1.82) is 0 Å². The fourth-order valence-electron chi connectivity index (χ4n) is 5.28. The molecule has 0 N–H and O–H groups in total. The van der Waals surface area contributed by atoms with Crippen LogP contribution in [0.15, 0.2) is 77.3 Å². The van der Waals surface area contributed by atoms with Gasteiger partial charge in [0.1, 0.15) is 18.2 Å². The number of rotatable bonds is 1. The average molecular weight is 391 g/mol. The van der Waals surface area contributed by atoms with Crippen molar-refractivity contribution in [3.05, 3.63) is 89.6 Å². The molecular formula is C28H24NO+. The predicted octanol–water partition coefficient (Wildman–Crippen LogP) is 6.69. The van der Waals surface area contributed by atoms with Crippen LogP contribution in [0.1, 0.15) is 30.5 Å². The minimum atomic E-state index is -0.0241. The van der Waals surface area contributed by atoms with Crippen LogP contribution in [-0.2, 0) is 12.5 Å². The monoisotopic (exact) mass is 390 g/mol. The minimum absolute atomic E-state index is 0.0241. The predicted molar refractivity (Wildman–Crippen MR) is 123 cm³/mol. The molecule has 0 fully saturated rings. The average Bonchev–Trinajstić information content (AvgIpc) is 3.22. The molecule has 146 valence electrons. The van der Waals surface area contributed by atoms with Gasteiger partial charge in [0, 0.05) is 33.9 Å².